The molecule has 0 aliphatic carbocycles. The van der Waals surface area contributed by atoms with Crippen molar-refractivity contribution < 1.29 is 18.2 Å². The fourth-order valence-corrected chi connectivity index (χ4v) is 4.85. The third-order valence-electron chi connectivity index (χ3n) is 4.49. The molecule has 1 aliphatic heterocycles. The van der Waals surface area contributed by atoms with Crippen LogP contribution in [-0.2, 0) is 16.6 Å². The molecule has 7 nitrogen and oxygen atoms in total. The van der Waals surface area contributed by atoms with Gasteiger partial charge in [0.05, 0.1) is 41.6 Å². The molecule has 0 bridgehead atoms. The number of rotatable bonds is 5. The summed E-state index contributed by atoms with van der Waals surface area (Å²) in [6.45, 7) is 2.41. The zero-order valence-corrected chi connectivity index (χ0v) is 15.5. The summed E-state index contributed by atoms with van der Waals surface area (Å²) < 4.78 is 26.9. The van der Waals surface area contributed by atoms with Crippen LogP contribution in [0.25, 0.3) is 0 Å². The quantitative estimate of drug-likeness (QED) is 0.610. The van der Waals surface area contributed by atoms with E-state index in [1.54, 1.807) is 30.3 Å². The van der Waals surface area contributed by atoms with Crippen LogP contribution in [-0.4, -0.2) is 43.8 Å². The van der Waals surface area contributed by atoms with Crippen LogP contribution in [0.1, 0.15) is 5.56 Å². The van der Waals surface area contributed by atoms with Crippen LogP contribution in [0, 0.1) is 10.1 Å². The minimum absolute atomic E-state index is 0.106. The summed E-state index contributed by atoms with van der Waals surface area (Å²) in [5.74, 6) is 0. The van der Waals surface area contributed by atoms with Gasteiger partial charge in [-0.2, -0.15) is 4.31 Å². The Bertz CT molecular complexity index is 912. The van der Waals surface area contributed by atoms with Crippen molar-refractivity contribution in [3.05, 3.63) is 69.2 Å². The van der Waals surface area contributed by atoms with Gasteiger partial charge in [0, 0.05) is 11.1 Å². The summed E-state index contributed by atoms with van der Waals surface area (Å²) in [5, 5.41) is 11.5. The zero-order valence-electron chi connectivity index (χ0n) is 14.0. The van der Waals surface area contributed by atoms with E-state index in [9.17, 15) is 18.5 Å². The molecule has 138 valence electrons. The monoisotopic (exact) mass is 396 g/mol. The number of halogens is 1. The van der Waals surface area contributed by atoms with Gasteiger partial charge in [0.1, 0.15) is 6.54 Å². The number of piperazine rings is 1. The number of nitrogens with zero attached hydrogens (tertiary/aromatic N) is 2. The topological polar surface area (TPSA) is 85.0 Å². The first-order valence-electron chi connectivity index (χ1n) is 8.19. The maximum Gasteiger partial charge on any atom is 0.278 e. The van der Waals surface area contributed by atoms with Crippen molar-refractivity contribution in [2.24, 2.45) is 0 Å². The molecule has 0 spiro atoms. The minimum Gasteiger partial charge on any atom is -0.329 e. The number of sulfonamides is 1. The Balaban J connectivity index is 1.67. The van der Waals surface area contributed by atoms with E-state index in [2.05, 4.69) is 0 Å². The smallest absolute Gasteiger partial charge is 0.278 e. The van der Waals surface area contributed by atoms with Crippen LogP contribution >= 0.6 is 11.6 Å². The first kappa shape index (κ1) is 18.8. The summed E-state index contributed by atoms with van der Waals surface area (Å²) in [6, 6.07) is 12.9. The number of nitrogens with one attached hydrogen (secondary N) is 1. The maximum absolute atomic E-state index is 12.7. The normalized spacial score (nSPS) is 16.5. The number of benzene rings is 2. The van der Waals surface area contributed by atoms with Gasteiger partial charge in [-0.3, -0.25) is 10.1 Å². The van der Waals surface area contributed by atoms with Crippen molar-refractivity contribution >= 4 is 27.3 Å². The number of hydrogen-bond donors (Lipinski definition) is 1. The molecule has 26 heavy (non-hydrogen) atoms. The standard InChI is InChI=1S/C17H18ClN3O4S/c18-15-5-3-6-16(12-15)26(24,25)20-10-8-19(9-11-20)13-14-4-1-2-7-17(14)21(22)23/h1-7,12H,8-11,13H2/p+1. The van der Waals surface area contributed by atoms with Gasteiger partial charge in [-0.1, -0.05) is 29.8 Å². The fraction of sp³-hybridized carbons (Fsp3) is 0.294. The van der Waals surface area contributed by atoms with E-state index in [0.717, 1.165) is 4.90 Å². The van der Waals surface area contributed by atoms with Crippen LogP contribution in [0.3, 0.4) is 0 Å². The van der Waals surface area contributed by atoms with Gasteiger partial charge in [0.25, 0.3) is 5.69 Å². The van der Waals surface area contributed by atoms with Crippen molar-refractivity contribution in [3.8, 4) is 0 Å². The van der Waals surface area contributed by atoms with Gasteiger partial charge in [-0.15, -0.1) is 0 Å². The third kappa shape index (κ3) is 4.04. The molecule has 1 heterocycles. The third-order valence-corrected chi connectivity index (χ3v) is 6.62. The van der Waals surface area contributed by atoms with Crippen LogP contribution in [0.2, 0.25) is 5.02 Å². The van der Waals surface area contributed by atoms with E-state index in [4.69, 9.17) is 11.6 Å². The maximum atomic E-state index is 12.7. The number of para-hydroxylation sites is 1. The summed E-state index contributed by atoms with van der Waals surface area (Å²) >= 11 is 5.90. The lowest BCUT2D eigenvalue weighted by Gasteiger charge is -2.31. The highest BCUT2D eigenvalue weighted by atomic mass is 35.5. The van der Waals surface area contributed by atoms with Crippen molar-refractivity contribution in [2.45, 2.75) is 11.4 Å². The second-order valence-corrected chi connectivity index (χ2v) is 8.55. The Morgan fingerprint density at radius 1 is 1.12 bits per heavy atom. The van der Waals surface area contributed by atoms with Crippen LogP contribution in [0.4, 0.5) is 5.69 Å². The molecule has 0 unspecified atom stereocenters. The van der Waals surface area contributed by atoms with Crippen molar-refractivity contribution in [2.75, 3.05) is 26.2 Å². The Morgan fingerprint density at radius 2 is 1.81 bits per heavy atom. The number of nitro benzene ring substituents is 1. The molecular formula is C17H19ClN3O4S+. The summed E-state index contributed by atoms with van der Waals surface area (Å²) in [4.78, 5) is 12.1. The largest absolute Gasteiger partial charge is 0.329 e. The average molecular weight is 397 g/mol. The Hall–Kier alpha value is -2.00. The molecule has 1 saturated heterocycles. The lowest BCUT2D eigenvalue weighted by molar-refractivity contribution is -0.917. The van der Waals surface area contributed by atoms with Crippen LogP contribution in [0.5, 0.6) is 0 Å². The molecule has 2 aromatic carbocycles. The lowest BCUT2D eigenvalue weighted by Crippen LogP contribution is -3.13. The van der Waals surface area contributed by atoms with E-state index >= 15 is 0 Å². The molecule has 3 rings (SSSR count). The summed E-state index contributed by atoms with van der Waals surface area (Å²) in [5.41, 5.74) is 0.771. The first-order valence-corrected chi connectivity index (χ1v) is 10.0. The number of quaternary nitrogens is 1. The molecule has 9 heteroatoms. The SMILES string of the molecule is O=[N+]([O-])c1ccccc1C[NH+]1CCN(S(=O)(=O)c2cccc(Cl)c2)CC1. The number of nitro groups is 1. The molecule has 0 atom stereocenters. The molecule has 0 saturated carbocycles. The van der Waals surface area contributed by atoms with E-state index in [1.165, 1.54) is 22.5 Å². The molecular weight excluding hydrogens is 378 g/mol. The summed E-state index contributed by atoms with van der Waals surface area (Å²) in [6.07, 6.45) is 0. The first-order chi connectivity index (χ1) is 12.4. The molecule has 1 fully saturated rings. The van der Waals surface area contributed by atoms with Gasteiger partial charge in [0.2, 0.25) is 10.0 Å². The zero-order chi connectivity index (χ0) is 18.7. The molecule has 1 aliphatic rings. The fourth-order valence-electron chi connectivity index (χ4n) is 3.10. The van der Waals surface area contributed by atoms with Crippen molar-refractivity contribution in [1.82, 2.24) is 4.31 Å². The highest BCUT2D eigenvalue weighted by molar-refractivity contribution is 7.89. The Labute approximate surface area is 157 Å². The Morgan fingerprint density at radius 3 is 2.46 bits per heavy atom. The van der Waals surface area contributed by atoms with Crippen molar-refractivity contribution in [1.29, 1.82) is 0 Å². The molecule has 0 aromatic heterocycles. The van der Waals surface area contributed by atoms with E-state index in [0.29, 0.717) is 43.3 Å². The van der Waals surface area contributed by atoms with Gasteiger partial charge in [-0.05, 0) is 24.3 Å². The predicted molar refractivity (Wildman–Crippen MR) is 97.7 cm³/mol. The van der Waals surface area contributed by atoms with E-state index in [1.807, 2.05) is 0 Å². The number of hydrogen-bond acceptors (Lipinski definition) is 4. The van der Waals surface area contributed by atoms with E-state index < -0.39 is 10.0 Å². The van der Waals surface area contributed by atoms with Crippen LogP contribution < -0.4 is 4.90 Å². The van der Waals surface area contributed by atoms with Gasteiger partial charge in [-0.25, -0.2) is 8.42 Å². The Kier molecular flexibility index (Phi) is 5.57. The second kappa shape index (κ2) is 7.71. The molecule has 0 radical (unpaired) electrons. The minimum atomic E-state index is -3.58. The van der Waals surface area contributed by atoms with Gasteiger partial charge in [0.15, 0.2) is 0 Å². The lowest BCUT2D eigenvalue weighted by atomic mass is 10.1. The van der Waals surface area contributed by atoms with E-state index in [-0.39, 0.29) is 15.5 Å². The molecule has 0 amide bonds. The second-order valence-electron chi connectivity index (χ2n) is 6.17. The highest BCUT2D eigenvalue weighted by Crippen LogP contribution is 2.20. The van der Waals surface area contributed by atoms with Crippen molar-refractivity contribution in [3.63, 3.8) is 0 Å². The highest BCUT2D eigenvalue weighted by Gasteiger charge is 2.31. The van der Waals surface area contributed by atoms with Gasteiger partial charge >= 0.3 is 0 Å². The van der Waals surface area contributed by atoms with Crippen LogP contribution in [0.15, 0.2) is 53.4 Å². The molecule has 1 N–H and O–H groups in total. The molecule has 2 aromatic rings. The summed E-state index contributed by atoms with van der Waals surface area (Å²) in [7, 11) is -3.58. The van der Waals surface area contributed by atoms with Gasteiger partial charge < -0.3 is 4.90 Å². The predicted octanol–water partition coefficient (Wildman–Crippen LogP) is 1.34. The average Bonchev–Trinajstić information content (AvgIpc) is 2.62.